The van der Waals surface area contributed by atoms with E-state index in [4.69, 9.17) is 31.5 Å². The van der Waals surface area contributed by atoms with Crippen LogP contribution < -0.4 is 16.4 Å². The first kappa shape index (κ1) is 27.9. The smallest absolute Gasteiger partial charge is 0.414 e. The molecule has 4 rings (SSSR count). The summed E-state index contributed by atoms with van der Waals surface area (Å²) in [6.45, 7) is 3.91. The van der Waals surface area contributed by atoms with Crippen molar-refractivity contribution in [1.82, 2.24) is 9.21 Å². The molecule has 1 amide bonds. The molecule has 6 N–H and O–H groups in total. The number of carbonyl (C=O) groups excluding carboxylic acids is 1. The number of rotatable bonds is 7. The van der Waals surface area contributed by atoms with Gasteiger partial charge in [0.05, 0.1) is 12.3 Å². The molecule has 2 aliphatic heterocycles. The van der Waals surface area contributed by atoms with Gasteiger partial charge in [0.2, 0.25) is 10.0 Å². The number of benzene rings is 2. The lowest BCUT2D eigenvalue weighted by Crippen LogP contribution is -2.50. The van der Waals surface area contributed by atoms with Crippen LogP contribution in [0.5, 0.6) is 0 Å². The second-order valence-electron chi connectivity index (χ2n) is 8.75. The van der Waals surface area contributed by atoms with E-state index in [-0.39, 0.29) is 17.7 Å². The van der Waals surface area contributed by atoms with Crippen LogP contribution in [0, 0.1) is 5.41 Å². The fourth-order valence-electron chi connectivity index (χ4n) is 4.08. The van der Waals surface area contributed by atoms with Gasteiger partial charge in [-0.15, -0.1) is 0 Å². The molecule has 1 unspecified atom stereocenters. The first-order valence-corrected chi connectivity index (χ1v) is 13.2. The SMILES string of the molecule is CC(=O)O.N=C(N)c1ccc(N2CC(CN3CCN(S(=O)(=O)Cc4ccccc4N)CC3)OC2=O)cc1. The Bertz CT molecular complexity index is 1220. The zero-order valence-corrected chi connectivity index (χ0v) is 21.4. The molecule has 0 radical (unpaired) electrons. The Balaban J connectivity index is 0.000000886. The minimum atomic E-state index is -3.46. The number of aliphatic carboxylic acids is 1. The van der Waals surface area contributed by atoms with Crippen LogP contribution in [0.15, 0.2) is 48.5 Å². The predicted octanol–water partition coefficient (Wildman–Crippen LogP) is 1.12. The average molecular weight is 533 g/mol. The third-order valence-corrected chi connectivity index (χ3v) is 7.77. The number of hydrogen-bond acceptors (Lipinski definition) is 8. The van der Waals surface area contributed by atoms with Gasteiger partial charge in [-0.1, -0.05) is 18.2 Å². The van der Waals surface area contributed by atoms with Crippen LogP contribution in [0.3, 0.4) is 0 Å². The summed E-state index contributed by atoms with van der Waals surface area (Å²) in [4.78, 5) is 25.0. The molecule has 2 aromatic rings. The van der Waals surface area contributed by atoms with Crippen molar-refractivity contribution in [2.24, 2.45) is 5.73 Å². The molecule has 2 heterocycles. The van der Waals surface area contributed by atoms with E-state index < -0.39 is 22.1 Å². The second-order valence-corrected chi connectivity index (χ2v) is 10.7. The van der Waals surface area contributed by atoms with Crippen molar-refractivity contribution in [3.63, 3.8) is 0 Å². The normalized spacial score (nSPS) is 18.6. The number of anilines is 2. The quantitative estimate of drug-likeness (QED) is 0.230. The van der Waals surface area contributed by atoms with Gasteiger partial charge in [0, 0.05) is 56.6 Å². The molecule has 2 aliphatic rings. The summed E-state index contributed by atoms with van der Waals surface area (Å²) in [7, 11) is -3.46. The number of nitrogen functional groups attached to an aromatic ring is 2. The van der Waals surface area contributed by atoms with Crippen LogP contribution in [-0.2, 0) is 25.3 Å². The molecular formula is C24H32N6O6S. The van der Waals surface area contributed by atoms with E-state index in [1.54, 1.807) is 53.4 Å². The Morgan fingerprint density at radius 2 is 1.70 bits per heavy atom. The van der Waals surface area contributed by atoms with Crippen LogP contribution in [0.4, 0.5) is 16.2 Å². The number of nitrogens with two attached hydrogens (primary N) is 2. The second kappa shape index (κ2) is 12.0. The first-order chi connectivity index (χ1) is 17.5. The number of carboxylic acid groups (broad SMARTS) is 1. The summed E-state index contributed by atoms with van der Waals surface area (Å²) in [5.74, 6) is -0.978. The van der Waals surface area contributed by atoms with E-state index in [2.05, 4.69) is 4.90 Å². The number of sulfonamides is 1. The third-order valence-electron chi connectivity index (χ3n) is 5.94. The average Bonchev–Trinajstić information content (AvgIpc) is 3.20. The minimum absolute atomic E-state index is 0.0307. The summed E-state index contributed by atoms with van der Waals surface area (Å²) in [6.07, 6.45) is -0.727. The number of cyclic esters (lactones) is 1. The number of amides is 1. The molecule has 0 saturated carbocycles. The lowest BCUT2D eigenvalue weighted by atomic mass is 10.2. The van der Waals surface area contributed by atoms with Crippen LogP contribution in [0.2, 0.25) is 0 Å². The number of carboxylic acids is 1. The van der Waals surface area contributed by atoms with Gasteiger partial charge in [0.15, 0.2) is 0 Å². The number of ether oxygens (including phenoxy) is 1. The fraction of sp³-hybridized carbons (Fsp3) is 0.375. The summed E-state index contributed by atoms with van der Waals surface area (Å²) >= 11 is 0. The van der Waals surface area contributed by atoms with Crippen LogP contribution in [-0.4, -0.2) is 86.0 Å². The van der Waals surface area contributed by atoms with Gasteiger partial charge in [0.25, 0.3) is 5.97 Å². The molecule has 13 heteroatoms. The van der Waals surface area contributed by atoms with Crippen molar-refractivity contribution < 1.29 is 27.9 Å². The van der Waals surface area contributed by atoms with Gasteiger partial charge in [0.1, 0.15) is 11.9 Å². The van der Waals surface area contributed by atoms with Crippen molar-refractivity contribution in [3.05, 3.63) is 59.7 Å². The molecule has 2 saturated heterocycles. The summed E-state index contributed by atoms with van der Waals surface area (Å²) in [5, 5.41) is 14.9. The molecule has 2 aromatic carbocycles. The Kier molecular flexibility index (Phi) is 9.08. The van der Waals surface area contributed by atoms with E-state index in [1.165, 1.54) is 4.31 Å². The summed E-state index contributed by atoms with van der Waals surface area (Å²) in [6, 6.07) is 13.9. The molecule has 0 aromatic heterocycles. The highest BCUT2D eigenvalue weighted by Gasteiger charge is 2.35. The number of hydrogen-bond donors (Lipinski definition) is 4. The number of nitrogens with zero attached hydrogens (tertiary/aromatic N) is 3. The standard InChI is InChI=1S/C22H28N6O4S.C2H4O2/c23-20-4-2-1-3-17(20)15-33(30,31)27-11-9-26(10-12-27)13-19-14-28(22(29)32-19)18-7-5-16(6-8-18)21(24)25;1-2(3)4/h1-8,19H,9-15,23H2,(H3,24,25);1H3,(H,3,4). The van der Waals surface area contributed by atoms with Crippen LogP contribution in [0.25, 0.3) is 0 Å². The van der Waals surface area contributed by atoms with Gasteiger partial charge < -0.3 is 21.3 Å². The number of nitrogens with one attached hydrogen (secondary N) is 1. The van der Waals surface area contributed by atoms with Crippen molar-refractivity contribution in [2.75, 3.05) is 49.9 Å². The largest absolute Gasteiger partial charge is 0.481 e. The van der Waals surface area contributed by atoms with Crippen molar-refractivity contribution in [3.8, 4) is 0 Å². The maximum absolute atomic E-state index is 12.8. The topological polar surface area (TPSA) is 183 Å². The molecule has 37 heavy (non-hydrogen) atoms. The Labute approximate surface area is 215 Å². The number of para-hydroxylation sites is 1. The van der Waals surface area contributed by atoms with E-state index >= 15 is 0 Å². The Morgan fingerprint density at radius 1 is 1.11 bits per heavy atom. The zero-order valence-electron chi connectivity index (χ0n) is 20.5. The fourth-order valence-corrected chi connectivity index (χ4v) is 5.64. The number of piperazine rings is 1. The maximum Gasteiger partial charge on any atom is 0.414 e. The van der Waals surface area contributed by atoms with Gasteiger partial charge in [-0.2, -0.15) is 4.31 Å². The lowest BCUT2D eigenvalue weighted by molar-refractivity contribution is -0.134. The Morgan fingerprint density at radius 3 is 2.27 bits per heavy atom. The van der Waals surface area contributed by atoms with E-state index in [0.717, 1.165) is 6.92 Å². The van der Waals surface area contributed by atoms with E-state index in [9.17, 15) is 13.2 Å². The molecule has 0 spiro atoms. The highest BCUT2D eigenvalue weighted by Crippen LogP contribution is 2.23. The van der Waals surface area contributed by atoms with E-state index in [0.29, 0.717) is 61.8 Å². The zero-order chi connectivity index (χ0) is 27.2. The van der Waals surface area contributed by atoms with Gasteiger partial charge in [-0.3, -0.25) is 20.0 Å². The highest BCUT2D eigenvalue weighted by atomic mass is 32.2. The molecule has 2 fully saturated rings. The van der Waals surface area contributed by atoms with Crippen molar-refractivity contribution in [2.45, 2.75) is 18.8 Å². The molecular weight excluding hydrogens is 500 g/mol. The van der Waals surface area contributed by atoms with Crippen molar-refractivity contribution >= 4 is 39.3 Å². The van der Waals surface area contributed by atoms with Crippen LogP contribution in [0.1, 0.15) is 18.1 Å². The monoisotopic (exact) mass is 532 g/mol. The van der Waals surface area contributed by atoms with Gasteiger partial charge >= 0.3 is 6.09 Å². The maximum atomic E-state index is 12.8. The molecule has 200 valence electrons. The third kappa shape index (κ3) is 7.65. The van der Waals surface area contributed by atoms with Gasteiger partial charge in [-0.05, 0) is 35.9 Å². The Hall–Kier alpha value is -3.68. The number of carbonyl (C=O) groups is 2. The molecule has 1 atom stereocenters. The lowest BCUT2D eigenvalue weighted by Gasteiger charge is -2.34. The first-order valence-electron chi connectivity index (χ1n) is 11.6. The highest BCUT2D eigenvalue weighted by molar-refractivity contribution is 7.88. The molecule has 12 nitrogen and oxygen atoms in total. The molecule has 0 aliphatic carbocycles. The van der Waals surface area contributed by atoms with E-state index in [1.807, 2.05) is 0 Å². The van der Waals surface area contributed by atoms with Crippen molar-refractivity contribution in [1.29, 1.82) is 5.41 Å². The number of amidine groups is 1. The molecule has 0 bridgehead atoms. The minimum Gasteiger partial charge on any atom is -0.481 e. The predicted molar refractivity (Wildman–Crippen MR) is 140 cm³/mol. The summed E-state index contributed by atoms with van der Waals surface area (Å²) in [5.41, 5.74) is 13.7. The van der Waals surface area contributed by atoms with Gasteiger partial charge in [-0.25, -0.2) is 13.2 Å². The summed E-state index contributed by atoms with van der Waals surface area (Å²) < 4.78 is 32.7. The van der Waals surface area contributed by atoms with Crippen LogP contribution >= 0.6 is 0 Å².